The molecule has 0 amide bonds. The highest BCUT2D eigenvalue weighted by atomic mass is 16.1. The van der Waals surface area contributed by atoms with Crippen molar-refractivity contribution in [1.82, 2.24) is 9.38 Å². The van der Waals surface area contributed by atoms with Gasteiger partial charge < -0.3 is 0 Å². The van der Waals surface area contributed by atoms with Gasteiger partial charge in [-0.25, -0.2) is 4.98 Å². The number of benzene rings is 5. The topological polar surface area (TPSA) is 34.4 Å². The first-order chi connectivity index (χ1) is 21.7. The van der Waals surface area contributed by atoms with E-state index in [0.29, 0.717) is 11.4 Å². The molecule has 0 radical (unpaired) electrons. The Hall–Kier alpha value is -5.72. The molecule has 0 aliphatic heterocycles. The standard InChI is InChI=1S/C41H28N2O/c1-3-4-19-29-26(2)36-34(24-25-35-39(36)43(41(29)44)40(42-35)28-17-9-6-10-18-28)38-32-22-13-11-20-30(32)37(27-15-7-5-8-16-27)31-21-12-14-23-33(31)38/h1,4-13,15-22,24-25H,14,23H2,2H3/b19-4-. The van der Waals surface area contributed by atoms with Crippen molar-refractivity contribution in [2.45, 2.75) is 19.8 Å². The molecule has 7 aromatic rings. The summed E-state index contributed by atoms with van der Waals surface area (Å²) in [4.78, 5) is 19.2. The number of aryl methyl sites for hydroxylation is 1. The van der Waals surface area contributed by atoms with Crippen LogP contribution >= 0.6 is 0 Å². The second-order valence-corrected chi connectivity index (χ2v) is 11.3. The zero-order valence-electron chi connectivity index (χ0n) is 24.3. The van der Waals surface area contributed by atoms with Crippen LogP contribution in [0.15, 0.2) is 114 Å². The van der Waals surface area contributed by atoms with Gasteiger partial charge in [0.1, 0.15) is 5.82 Å². The summed E-state index contributed by atoms with van der Waals surface area (Å²) < 4.78 is 1.79. The maximum atomic E-state index is 14.2. The number of rotatable bonds is 4. The highest BCUT2D eigenvalue weighted by Gasteiger charge is 2.26. The van der Waals surface area contributed by atoms with Crippen LogP contribution in [0.2, 0.25) is 0 Å². The van der Waals surface area contributed by atoms with Gasteiger partial charge in [0.15, 0.2) is 0 Å². The van der Waals surface area contributed by atoms with Crippen molar-refractivity contribution in [2.75, 3.05) is 0 Å². The number of hydrogen-bond donors (Lipinski definition) is 0. The number of nitrogens with zero attached hydrogens (tertiary/aromatic N) is 2. The zero-order valence-corrected chi connectivity index (χ0v) is 24.3. The maximum Gasteiger partial charge on any atom is 0.264 e. The normalized spacial score (nSPS) is 12.8. The molecule has 208 valence electrons. The molecule has 3 nitrogen and oxygen atoms in total. The third kappa shape index (κ3) is 3.78. The van der Waals surface area contributed by atoms with Gasteiger partial charge in [-0.3, -0.25) is 9.20 Å². The molecule has 2 heterocycles. The predicted molar refractivity (Wildman–Crippen MR) is 184 cm³/mol. The second kappa shape index (κ2) is 10.2. The van der Waals surface area contributed by atoms with E-state index in [4.69, 9.17) is 11.4 Å². The van der Waals surface area contributed by atoms with Gasteiger partial charge in [0.25, 0.3) is 5.56 Å². The first-order valence-corrected chi connectivity index (χ1v) is 15.0. The summed E-state index contributed by atoms with van der Waals surface area (Å²) in [6.45, 7) is 2.04. The van der Waals surface area contributed by atoms with Crippen molar-refractivity contribution in [3.8, 4) is 46.0 Å². The van der Waals surface area contributed by atoms with Crippen molar-refractivity contribution >= 4 is 39.3 Å². The van der Waals surface area contributed by atoms with Crippen LogP contribution in [0.3, 0.4) is 0 Å². The fourth-order valence-electron chi connectivity index (χ4n) is 7.08. The summed E-state index contributed by atoms with van der Waals surface area (Å²) in [5.41, 5.74) is 11.3. The molecular weight excluding hydrogens is 536 g/mol. The minimum absolute atomic E-state index is 0.116. The lowest BCUT2D eigenvalue weighted by Crippen LogP contribution is -2.18. The summed E-state index contributed by atoms with van der Waals surface area (Å²) in [5, 5.41) is 3.45. The Morgan fingerprint density at radius 2 is 1.52 bits per heavy atom. The lowest BCUT2D eigenvalue weighted by Gasteiger charge is -2.25. The smallest absolute Gasteiger partial charge is 0.264 e. The third-order valence-electron chi connectivity index (χ3n) is 8.95. The summed E-state index contributed by atoms with van der Waals surface area (Å²) in [6.07, 6.45) is 15.5. The quantitative estimate of drug-likeness (QED) is 0.200. The number of aromatic nitrogens is 2. The fourth-order valence-corrected chi connectivity index (χ4v) is 7.08. The molecule has 44 heavy (non-hydrogen) atoms. The molecule has 0 spiro atoms. The summed E-state index contributed by atoms with van der Waals surface area (Å²) in [5.74, 6) is 3.22. The van der Waals surface area contributed by atoms with E-state index in [1.807, 2.05) is 37.3 Å². The Bertz CT molecular complexity index is 2410. The van der Waals surface area contributed by atoms with Gasteiger partial charge in [-0.15, -0.1) is 6.42 Å². The Morgan fingerprint density at radius 1 is 0.841 bits per heavy atom. The van der Waals surface area contributed by atoms with Crippen molar-refractivity contribution in [1.29, 1.82) is 0 Å². The van der Waals surface area contributed by atoms with Gasteiger partial charge in [0, 0.05) is 16.5 Å². The van der Waals surface area contributed by atoms with Gasteiger partial charge in [0.05, 0.1) is 11.0 Å². The van der Waals surface area contributed by atoms with Crippen LogP contribution in [0, 0.1) is 19.3 Å². The number of terminal acetylenes is 1. The van der Waals surface area contributed by atoms with E-state index in [1.54, 1.807) is 16.6 Å². The first-order valence-electron chi connectivity index (χ1n) is 15.0. The number of pyridine rings is 1. The molecule has 0 saturated heterocycles. The van der Waals surface area contributed by atoms with E-state index in [-0.39, 0.29) is 5.56 Å². The van der Waals surface area contributed by atoms with E-state index < -0.39 is 0 Å². The molecule has 0 atom stereocenters. The number of imidazole rings is 1. The Morgan fingerprint density at radius 3 is 2.25 bits per heavy atom. The molecule has 8 rings (SSSR count). The molecule has 0 N–H and O–H groups in total. The second-order valence-electron chi connectivity index (χ2n) is 11.3. The minimum Gasteiger partial charge on any atom is -0.268 e. The number of allylic oxidation sites excluding steroid dienone is 2. The van der Waals surface area contributed by atoms with E-state index in [1.165, 1.54) is 38.6 Å². The van der Waals surface area contributed by atoms with Crippen molar-refractivity contribution in [2.24, 2.45) is 0 Å². The Balaban J connectivity index is 1.56. The van der Waals surface area contributed by atoms with Gasteiger partial charge in [-0.05, 0) is 87.7 Å². The van der Waals surface area contributed by atoms with Gasteiger partial charge in [-0.2, -0.15) is 0 Å². The molecule has 3 heteroatoms. The van der Waals surface area contributed by atoms with Gasteiger partial charge >= 0.3 is 0 Å². The lowest BCUT2D eigenvalue weighted by atomic mass is 9.79. The van der Waals surface area contributed by atoms with Crippen LogP contribution in [0.5, 0.6) is 0 Å². The molecule has 0 fully saturated rings. The van der Waals surface area contributed by atoms with Crippen LogP contribution in [-0.4, -0.2) is 9.38 Å². The van der Waals surface area contributed by atoms with Crippen LogP contribution in [0.1, 0.15) is 28.7 Å². The highest BCUT2D eigenvalue weighted by molar-refractivity contribution is 6.16. The van der Waals surface area contributed by atoms with Gasteiger partial charge in [-0.1, -0.05) is 109 Å². The van der Waals surface area contributed by atoms with Crippen LogP contribution in [-0.2, 0) is 6.42 Å². The molecule has 0 saturated carbocycles. The van der Waals surface area contributed by atoms with Crippen LogP contribution < -0.4 is 5.56 Å². The first kappa shape index (κ1) is 25.9. The van der Waals surface area contributed by atoms with Crippen molar-refractivity contribution < 1.29 is 0 Å². The van der Waals surface area contributed by atoms with E-state index in [9.17, 15) is 4.79 Å². The van der Waals surface area contributed by atoms with E-state index in [2.05, 4.69) is 84.8 Å². The van der Waals surface area contributed by atoms with E-state index >= 15 is 0 Å². The van der Waals surface area contributed by atoms with Crippen molar-refractivity contribution in [3.05, 3.63) is 142 Å². The SMILES string of the molecule is C#C/C=C\c1c(C)c2c(-c3c4c(c(-c5ccccc5)c5ccccc35)C=CCC4)ccc3nc(-c4ccccc4)n(c1=O)c32. The monoisotopic (exact) mass is 564 g/mol. The van der Waals surface area contributed by atoms with Crippen molar-refractivity contribution in [3.63, 3.8) is 0 Å². The maximum absolute atomic E-state index is 14.2. The van der Waals surface area contributed by atoms with E-state index in [0.717, 1.165) is 46.0 Å². The molecule has 0 bridgehead atoms. The summed E-state index contributed by atoms with van der Waals surface area (Å²) in [7, 11) is 0. The molecule has 0 unspecified atom stereocenters. The molecule has 5 aromatic carbocycles. The molecule has 1 aliphatic rings. The van der Waals surface area contributed by atoms with Crippen LogP contribution in [0.4, 0.5) is 0 Å². The largest absolute Gasteiger partial charge is 0.268 e. The predicted octanol–water partition coefficient (Wildman–Crippen LogP) is 9.35. The summed E-state index contributed by atoms with van der Waals surface area (Å²) in [6, 6.07) is 33.6. The number of fused-ring (bicyclic) bond motifs is 2. The zero-order chi connectivity index (χ0) is 29.8. The summed E-state index contributed by atoms with van der Waals surface area (Å²) >= 11 is 0. The lowest BCUT2D eigenvalue weighted by molar-refractivity contribution is 0.991. The third-order valence-corrected chi connectivity index (χ3v) is 8.95. The fraction of sp³-hybridized carbons (Fsp3) is 0.0732. The minimum atomic E-state index is -0.116. The highest BCUT2D eigenvalue weighted by Crippen LogP contribution is 2.47. The Labute approximate surface area is 255 Å². The molecule has 1 aliphatic carbocycles. The average Bonchev–Trinajstić information content (AvgIpc) is 3.47. The molecular formula is C41H28N2O. The van der Waals surface area contributed by atoms with Gasteiger partial charge in [0.2, 0.25) is 0 Å². The molecule has 2 aromatic heterocycles. The van der Waals surface area contributed by atoms with Crippen LogP contribution in [0.25, 0.3) is 73.0 Å². The Kier molecular flexibility index (Phi) is 6.03. The number of hydrogen-bond acceptors (Lipinski definition) is 2. The average molecular weight is 565 g/mol.